The summed E-state index contributed by atoms with van der Waals surface area (Å²) in [5.41, 5.74) is 6.69. The van der Waals surface area contributed by atoms with Gasteiger partial charge in [0.15, 0.2) is 10.8 Å². The monoisotopic (exact) mass is 557 g/mol. The highest BCUT2D eigenvalue weighted by Gasteiger charge is 2.35. The first-order valence-electron chi connectivity index (χ1n) is 12.3. The quantitative estimate of drug-likeness (QED) is 0.231. The van der Waals surface area contributed by atoms with Crippen LogP contribution in [0.2, 0.25) is 0 Å². The second-order valence-electron chi connectivity index (χ2n) is 9.53. The first-order valence-corrected chi connectivity index (χ1v) is 14.3. The number of nitrogens with two attached hydrogens (primary N) is 1. The molecule has 1 amide bonds. The molecule has 0 aliphatic carbocycles. The Labute approximate surface area is 232 Å². The van der Waals surface area contributed by atoms with Crippen molar-refractivity contribution in [1.29, 1.82) is 0 Å². The Kier molecular flexibility index (Phi) is 7.17. The number of thiocarbonyl (C=S) groups is 1. The molecule has 10 heteroatoms. The van der Waals surface area contributed by atoms with Gasteiger partial charge < -0.3 is 10.2 Å². The van der Waals surface area contributed by atoms with Gasteiger partial charge in [0, 0.05) is 5.56 Å². The predicted molar refractivity (Wildman–Crippen MR) is 159 cm³/mol. The summed E-state index contributed by atoms with van der Waals surface area (Å²) in [6, 6.07) is 26.2. The van der Waals surface area contributed by atoms with Gasteiger partial charge in [0.25, 0.3) is 5.91 Å². The minimum absolute atomic E-state index is 0.0143. The molecule has 1 aliphatic rings. The van der Waals surface area contributed by atoms with E-state index in [0.717, 1.165) is 27.6 Å². The number of sulfonamides is 1. The molecule has 4 aromatic carbocycles. The number of nitrogens with zero attached hydrogens (tertiary/aromatic N) is 2. The van der Waals surface area contributed by atoms with Crippen LogP contribution < -0.4 is 20.8 Å². The van der Waals surface area contributed by atoms with Crippen LogP contribution in [0.25, 0.3) is 10.8 Å². The second kappa shape index (κ2) is 10.6. The lowest BCUT2D eigenvalue weighted by molar-refractivity contribution is -0.112. The van der Waals surface area contributed by atoms with Gasteiger partial charge in [-0.25, -0.2) is 13.6 Å². The van der Waals surface area contributed by atoms with E-state index in [9.17, 15) is 13.2 Å². The summed E-state index contributed by atoms with van der Waals surface area (Å²) in [6.07, 6.45) is 0. The number of carbonyl (C=O) groups is 1. The second-order valence-corrected chi connectivity index (χ2v) is 11.5. The van der Waals surface area contributed by atoms with Crippen LogP contribution in [0.3, 0.4) is 0 Å². The zero-order valence-corrected chi connectivity index (χ0v) is 23.0. The molecule has 0 unspecified atom stereocenters. The number of hydrazone groups is 1. The molecule has 4 N–H and O–H groups in total. The lowest BCUT2D eigenvalue weighted by Gasteiger charge is -2.19. The van der Waals surface area contributed by atoms with Crippen LogP contribution in [0.15, 0.2) is 94.9 Å². The van der Waals surface area contributed by atoms with E-state index in [-0.39, 0.29) is 33.2 Å². The van der Waals surface area contributed by atoms with E-state index in [0.29, 0.717) is 12.1 Å². The van der Waals surface area contributed by atoms with E-state index >= 15 is 0 Å². The molecule has 1 aliphatic heterocycles. The van der Waals surface area contributed by atoms with E-state index in [1.54, 1.807) is 17.0 Å². The van der Waals surface area contributed by atoms with Crippen LogP contribution in [0.4, 0.5) is 11.4 Å². The average molecular weight is 558 g/mol. The molecule has 0 fully saturated rings. The van der Waals surface area contributed by atoms with Gasteiger partial charge in [-0.05, 0) is 64.3 Å². The normalized spacial score (nSPS) is 14.2. The molecule has 198 valence electrons. The van der Waals surface area contributed by atoms with Crippen LogP contribution in [0.1, 0.15) is 36.5 Å². The van der Waals surface area contributed by atoms with Gasteiger partial charge in [0.1, 0.15) is 4.90 Å². The highest BCUT2D eigenvalue weighted by molar-refractivity contribution is 7.89. The van der Waals surface area contributed by atoms with Crippen molar-refractivity contribution in [3.63, 3.8) is 0 Å². The smallest absolute Gasteiger partial charge is 0.279 e. The minimum Gasteiger partial charge on any atom is -0.330 e. The summed E-state index contributed by atoms with van der Waals surface area (Å²) in [5.74, 6) is -0.0109. The Balaban J connectivity index is 1.47. The van der Waals surface area contributed by atoms with Crippen molar-refractivity contribution < 1.29 is 13.2 Å². The number of hydrogen-bond donors (Lipinski definition) is 3. The van der Waals surface area contributed by atoms with Crippen molar-refractivity contribution in [2.45, 2.75) is 31.2 Å². The zero-order valence-electron chi connectivity index (χ0n) is 21.4. The van der Waals surface area contributed by atoms with Gasteiger partial charge in [0.2, 0.25) is 10.0 Å². The molecule has 0 bridgehead atoms. The maximum atomic E-state index is 13.7. The number of benzene rings is 4. The number of amides is 1. The minimum atomic E-state index is -3.97. The van der Waals surface area contributed by atoms with Gasteiger partial charge in [-0.1, -0.05) is 74.5 Å². The summed E-state index contributed by atoms with van der Waals surface area (Å²) in [4.78, 5) is 15.3. The Morgan fingerprint density at radius 1 is 1.00 bits per heavy atom. The fourth-order valence-corrected chi connectivity index (χ4v) is 5.48. The SMILES string of the molecule is CC(C)c1ccc2c(c1)C(=NNC(=S)Nc1ccccc1S(N)(=O)=O)C(=O)N2Cc1cccc2ccccc12. The summed E-state index contributed by atoms with van der Waals surface area (Å²) in [7, 11) is -3.97. The Morgan fingerprint density at radius 3 is 2.49 bits per heavy atom. The fraction of sp³-hybridized carbons (Fsp3) is 0.138. The third-order valence-corrected chi connectivity index (χ3v) is 7.76. The molecule has 0 saturated heterocycles. The topological polar surface area (TPSA) is 117 Å². The highest BCUT2D eigenvalue weighted by atomic mass is 32.2. The number of carbonyl (C=O) groups excluding carboxylic acids is 1. The van der Waals surface area contributed by atoms with Gasteiger partial charge in [0.05, 0.1) is 17.9 Å². The molecule has 8 nitrogen and oxygen atoms in total. The molecule has 1 heterocycles. The standard InChI is InChI=1S/C29H27N5O3S2/c1-18(2)20-14-15-25-23(16-20)27(32-33-29(38)31-24-12-5-6-13-26(24)39(30,36)37)28(35)34(25)17-21-10-7-9-19-8-3-4-11-22(19)21/h3-16,18H,17H2,1-2H3,(H2,30,36,37)(H2,31,33,38). The maximum absolute atomic E-state index is 13.7. The number of hydrogen-bond acceptors (Lipinski definition) is 5. The van der Waals surface area contributed by atoms with E-state index in [4.69, 9.17) is 17.4 Å². The fourth-order valence-electron chi connectivity index (χ4n) is 4.63. The van der Waals surface area contributed by atoms with Gasteiger partial charge in [-0.15, -0.1) is 0 Å². The van der Waals surface area contributed by atoms with E-state index in [2.05, 4.69) is 29.7 Å². The number of anilines is 2. The van der Waals surface area contributed by atoms with Crippen LogP contribution in [-0.4, -0.2) is 25.1 Å². The molecular formula is C29H27N5O3S2. The Bertz CT molecular complexity index is 1740. The van der Waals surface area contributed by atoms with Gasteiger partial charge in [-0.2, -0.15) is 5.10 Å². The van der Waals surface area contributed by atoms with Crippen LogP contribution >= 0.6 is 12.2 Å². The average Bonchev–Trinajstić information content (AvgIpc) is 3.17. The van der Waals surface area contributed by atoms with E-state index in [1.165, 1.54) is 12.1 Å². The first-order chi connectivity index (χ1) is 18.6. The molecule has 0 aromatic heterocycles. The van der Waals surface area contributed by atoms with Crippen LogP contribution in [0.5, 0.6) is 0 Å². The highest BCUT2D eigenvalue weighted by Crippen LogP contribution is 2.34. The number of nitrogens with one attached hydrogen (secondary N) is 2. The van der Waals surface area contributed by atoms with Gasteiger partial charge >= 0.3 is 0 Å². The summed E-state index contributed by atoms with van der Waals surface area (Å²) >= 11 is 5.36. The third kappa shape index (κ3) is 5.40. The van der Waals surface area contributed by atoms with Crippen LogP contribution in [-0.2, 0) is 21.4 Å². The molecule has 0 saturated carbocycles. The zero-order chi connectivity index (χ0) is 27.7. The van der Waals surface area contributed by atoms with Crippen molar-refractivity contribution in [2.75, 3.05) is 10.2 Å². The molecule has 4 aromatic rings. The molecular weight excluding hydrogens is 530 g/mol. The number of fused-ring (bicyclic) bond motifs is 2. The summed E-state index contributed by atoms with van der Waals surface area (Å²) in [5, 5.41) is 14.7. The molecule has 0 spiro atoms. The largest absolute Gasteiger partial charge is 0.330 e. The van der Waals surface area contributed by atoms with Crippen LogP contribution in [0, 0.1) is 0 Å². The van der Waals surface area contributed by atoms with E-state index < -0.39 is 10.0 Å². The van der Waals surface area contributed by atoms with Crippen molar-refractivity contribution in [3.8, 4) is 0 Å². The van der Waals surface area contributed by atoms with Gasteiger partial charge in [-0.3, -0.25) is 10.2 Å². The molecule has 39 heavy (non-hydrogen) atoms. The predicted octanol–water partition coefficient (Wildman–Crippen LogP) is 4.85. The van der Waals surface area contributed by atoms with E-state index in [1.807, 2.05) is 60.7 Å². The maximum Gasteiger partial charge on any atom is 0.279 e. The Hall–Kier alpha value is -4.12. The summed E-state index contributed by atoms with van der Waals surface area (Å²) in [6.45, 7) is 4.55. The van der Waals surface area contributed by atoms with Crippen molar-refractivity contribution in [3.05, 3.63) is 102 Å². The number of primary sulfonamides is 1. The lowest BCUT2D eigenvalue weighted by atomic mass is 9.99. The summed E-state index contributed by atoms with van der Waals surface area (Å²) < 4.78 is 23.9. The molecule has 0 radical (unpaired) electrons. The van der Waals surface area contributed by atoms with Crippen molar-refractivity contribution in [2.24, 2.45) is 10.2 Å². The van der Waals surface area contributed by atoms with Crippen molar-refractivity contribution in [1.82, 2.24) is 5.43 Å². The van der Waals surface area contributed by atoms with Crippen molar-refractivity contribution >= 4 is 61.1 Å². The Morgan fingerprint density at radius 2 is 1.72 bits per heavy atom. The molecule has 0 atom stereocenters. The third-order valence-electron chi connectivity index (χ3n) is 6.60. The lowest BCUT2D eigenvalue weighted by Crippen LogP contribution is -2.32. The molecule has 5 rings (SSSR count). The number of para-hydroxylation sites is 1. The number of rotatable bonds is 6. The first kappa shape index (κ1) is 26.5.